The molecule has 0 aliphatic carbocycles. The predicted octanol–water partition coefficient (Wildman–Crippen LogP) is 2.58. The van der Waals surface area contributed by atoms with E-state index in [0.29, 0.717) is 6.54 Å². The van der Waals surface area contributed by atoms with Crippen molar-refractivity contribution in [3.8, 4) is 10.4 Å². The molecule has 2 N–H and O–H groups in total. The first-order chi connectivity index (χ1) is 6.81. The van der Waals surface area contributed by atoms with E-state index in [1.54, 1.807) is 11.3 Å². The first-order valence-corrected chi connectivity index (χ1v) is 5.37. The number of aryl methyl sites for hydroxylation is 1. The molecule has 0 bridgehead atoms. The van der Waals surface area contributed by atoms with Crippen molar-refractivity contribution in [1.29, 1.82) is 0 Å². The maximum atomic E-state index is 5.57. The summed E-state index contributed by atoms with van der Waals surface area (Å²) in [4.78, 5) is 5.46. The van der Waals surface area contributed by atoms with Crippen LogP contribution in [0.5, 0.6) is 0 Å². The van der Waals surface area contributed by atoms with Crippen LogP contribution >= 0.6 is 11.3 Å². The SMILES string of the molecule is Cc1ccsc1-c1cncc(CN)c1. The van der Waals surface area contributed by atoms with E-state index >= 15 is 0 Å². The van der Waals surface area contributed by atoms with Gasteiger partial charge in [-0.1, -0.05) is 0 Å². The van der Waals surface area contributed by atoms with Gasteiger partial charge in [0.15, 0.2) is 0 Å². The van der Waals surface area contributed by atoms with Crippen molar-refractivity contribution in [3.63, 3.8) is 0 Å². The Bertz CT molecular complexity index is 434. The summed E-state index contributed by atoms with van der Waals surface area (Å²) in [6.45, 7) is 2.66. The molecular weight excluding hydrogens is 192 g/mol. The summed E-state index contributed by atoms with van der Waals surface area (Å²) in [5.41, 5.74) is 9.12. The third-order valence-electron chi connectivity index (χ3n) is 2.15. The highest BCUT2D eigenvalue weighted by Crippen LogP contribution is 2.28. The first kappa shape index (κ1) is 9.37. The molecule has 0 unspecified atom stereocenters. The lowest BCUT2D eigenvalue weighted by atomic mass is 10.1. The first-order valence-electron chi connectivity index (χ1n) is 4.49. The molecule has 14 heavy (non-hydrogen) atoms. The molecule has 3 heteroatoms. The van der Waals surface area contributed by atoms with Gasteiger partial charge in [-0.15, -0.1) is 11.3 Å². The van der Waals surface area contributed by atoms with Gasteiger partial charge in [0, 0.05) is 29.4 Å². The van der Waals surface area contributed by atoms with Crippen LogP contribution in [0.25, 0.3) is 10.4 Å². The Morgan fingerprint density at radius 3 is 2.93 bits per heavy atom. The fourth-order valence-corrected chi connectivity index (χ4v) is 2.30. The zero-order valence-electron chi connectivity index (χ0n) is 8.03. The van der Waals surface area contributed by atoms with Crippen molar-refractivity contribution in [3.05, 3.63) is 41.0 Å². The lowest BCUT2D eigenvalue weighted by Gasteiger charge is -2.01. The number of thiophene rings is 1. The van der Waals surface area contributed by atoms with Gasteiger partial charge in [-0.05, 0) is 35.6 Å². The van der Waals surface area contributed by atoms with Crippen molar-refractivity contribution in [1.82, 2.24) is 4.98 Å². The van der Waals surface area contributed by atoms with E-state index in [-0.39, 0.29) is 0 Å². The van der Waals surface area contributed by atoms with E-state index in [4.69, 9.17) is 5.73 Å². The fourth-order valence-electron chi connectivity index (χ4n) is 1.39. The number of pyridine rings is 1. The standard InChI is InChI=1S/C11H12N2S/c1-8-2-3-14-11(8)10-4-9(5-12)6-13-7-10/h2-4,6-7H,5,12H2,1H3. The monoisotopic (exact) mass is 204 g/mol. The third kappa shape index (κ3) is 1.69. The third-order valence-corrected chi connectivity index (χ3v) is 3.22. The minimum absolute atomic E-state index is 0.547. The second-order valence-corrected chi connectivity index (χ2v) is 4.13. The van der Waals surface area contributed by atoms with E-state index in [1.165, 1.54) is 16.0 Å². The van der Waals surface area contributed by atoms with Crippen molar-refractivity contribution in [2.24, 2.45) is 5.73 Å². The van der Waals surface area contributed by atoms with Crippen LogP contribution in [0.4, 0.5) is 0 Å². The second kappa shape index (κ2) is 3.90. The van der Waals surface area contributed by atoms with Crippen LogP contribution in [0.15, 0.2) is 29.9 Å². The maximum Gasteiger partial charge on any atom is 0.0387 e. The topological polar surface area (TPSA) is 38.9 Å². The van der Waals surface area contributed by atoms with Gasteiger partial charge >= 0.3 is 0 Å². The summed E-state index contributed by atoms with van der Waals surface area (Å²) in [5.74, 6) is 0. The summed E-state index contributed by atoms with van der Waals surface area (Å²) in [6.07, 6.45) is 3.70. The van der Waals surface area contributed by atoms with E-state index in [2.05, 4.69) is 29.4 Å². The highest BCUT2D eigenvalue weighted by molar-refractivity contribution is 7.13. The summed E-state index contributed by atoms with van der Waals surface area (Å²) >= 11 is 1.74. The molecule has 0 aliphatic heterocycles. The molecule has 2 aromatic heterocycles. The molecule has 0 radical (unpaired) electrons. The summed E-state index contributed by atoms with van der Waals surface area (Å²) in [5, 5.41) is 2.10. The van der Waals surface area contributed by atoms with Gasteiger partial charge in [0.1, 0.15) is 0 Å². The molecule has 0 saturated heterocycles. The number of hydrogen-bond acceptors (Lipinski definition) is 3. The smallest absolute Gasteiger partial charge is 0.0387 e. The van der Waals surface area contributed by atoms with E-state index < -0.39 is 0 Å². The molecule has 0 amide bonds. The van der Waals surface area contributed by atoms with Crippen LogP contribution in [0.3, 0.4) is 0 Å². The molecule has 0 saturated carbocycles. The molecule has 2 heterocycles. The summed E-state index contributed by atoms with van der Waals surface area (Å²) < 4.78 is 0. The number of aromatic nitrogens is 1. The van der Waals surface area contributed by atoms with Crippen LogP contribution in [-0.2, 0) is 6.54 Å². The van der Waals surface area contributed by atoms with Crippen LogP contribution in [0, 0.1) is 6.92 Å². The Labute approximate surface area is 87.4 Å². The van der Waals surface area contributed by atoms with E-state index in [9.17, 15) is 0 Å². The van der Waals surface area contributed by atoms with E-state index in [1.807, 2.05) is 12.4 Å². The van der Waals surface area contributed by atoms with Gasteiger partial charge in [0.25, 0.3) is 0 Å². The Kier molecular flexibility index (Phi) is 2.61. The Morgan fingerprint density at radius 1 is 1.43 bits per heavy atom. The fraction of sp³-hybridized carbons (Fsp3) is 0.182. The quantitative estimate of drug-likeness (QED) is 0.816. The van der Waals surface area contributed by atoms with E-state index in [0.717, 1.165) is 5.56 Å². The molecule has 0 aromatic carbocycles. The zero-order valence-corrected chi connectivity index (χ0v) is 8.84. The minimum Gasteiger partial charge on any atom is -0.326 e. The van der Waals surface area contributed by atoms with Crippen LogP contribution in [-0.4, -0.2) is 4.98 Å². The lowest BCUT2D eigenvalue weighted by molar-refractivity contribution is 1.05. The second-order valence-electron chi connectivity index (χ2n) is 3.22. The van der Waals surface area contributed by atoms with Crippen LogP contribution in [0.1, 0.15) is 11.1 Å². The molecule has 2 nitrogen and oxygen atoms in total. The van der Waals surface area contributed by atoms with Gasteiger partial charge in [0.05, 0.1) is 0 Å². The van der Waals surface area contributed by atoms with Crippen molar-refractivity contribution >= 4 is 11.3 Å². The van der Waals surface area contributed by atoms with Crippen molar-refractivity contribution < 1.29 is 0 Å². The molecule has 0 fully saturated rings. The Morgan fingerprint density at radius 2 is 2.29 bits per heavy atom. The van der Waals surface area contributed by atoms with Gasteiger partial charge < -0.3 is 5.73 Å². The van der Waals surface area contributed by atoms with Crippen molar-refractivity contribution in [2.75, 3.05) is 0 Å². The normalized spacial score (nSPS) is 10.4. The highest BCUT2D eigenvalue weighted by Gasteiger charge is 2.03. The number of rotatable bonds is 2. The largest absolute Gasteiger partial charge is 0.326 e. The molecule has 0 atom stereocenters. The van der Waals surface area contributed by atoms with Crippen LogP contribution < -0.4 is 5.73 Å². The maximum absolute atomic E-state index is 5.57. The van der Waals surface area contributed by atoms with Gasteiger partial charge in [-0.3, -0.25) is 4.98 Å². The number of hydrogen-bond donors (Lipinski definition) is 1. The number of nitrogens with two attached hydrogens (primary N) is 1. The van der Waals surface area contributed by atoms with Gasteiger partial charge in [-0.2, -0.15) is 0 Å². The molecule has 72 valence electrons. The molecule has 0 spiro atoms. The summed E-state index contributed by atoms with van der Waals surface area (Å²) in [6, 6.07) is 4.22. The average molecular weight is 204 g/mol. The minimum atomic E-state index is 0.547. The van der Waals surface area contributed by atoms with Gasteiger partial charge in [0.2, 0.25) is 0 Å². The Balaban J connectivity index is 2.47. The number of nitrogens with zero attached hydrogens (tertiary/aromatic N) is 1. The molecule has 2 aromatic rings. The highest BCUT2D eigenvalue weighted by atomic mass is 32.1. The Hall–Kier alpha value is -1.19. The average Bonchev–Trinajstić information content (AvgIpc) is 2.65. The molecule has 0 aliphatic rings. The lowest BCUT2D eigenvalue weighted by Crippen LogP contribution is -1.96. The summed E-state index contributed by atoms with van der Waals surface area (Å²) in [7, 11) is 0. The van der Waals surface area contributed by atoms with Crippen molar-refractivity contribution in [2.45, 2.75) is 13.5 Å². The predicted molar refractivity (Wildman–Crippen MR) is 60.2 cm³/mol. The molecular formula is C11H12N2S. The molecule has 2 rings (SSSR count). The van der Waals surface area contributed by atoms with Gasteiger partial charge in [-0.25, -0.2) is 0 Å². The van der Waals surface area contributed by atoms with Crippen LogP contribution in [0.2, 0.25) is 0 Å². The zero-order chi connectivity index (χ0) is 9.97.